The van der Waals surface area contributed by atoms with E-state index in [1.807, 2.05) is 18.2 Å². The lowest BCUT2D eigenvalue weighted by Crippen LogP contribution is -2.48. The van der Waals surface area contributed by atoms with Gasteiger partial charge >= 0.3 is 0 Å². The molecule has 0 atom stereocenters. The fourth-order valence-electron chi connectivity index (χ4n) is 2.38. The van der Waals surface area contributed by atoms with Crippen molar-refractivity contribution in [1.29, 1.82) is 0 Å². The minimum Gasteiger partial charge on any atom is -0.349 e. The fourth-order valence-corrected chi connectivity index (χ4v) is 3.03. The molecule has 0 unspecified atom stereocenters. The van der Waals surface area contributed by atoms with Crippen molar-refractivity contribution >= 4 is 21.5 Å². The zero-order valence-electron chi connectivity index (χ0n) is 11.4. The first-order chi connectivity index (χ1) is 9.92. The van der Waals surface area contributed by atoms with Crippen LogP contribution in [0.15, 0.2) is 30.6 Å². The van der Waals surface area contributed by atoms with E-state index in [0.29, 0.717) is 18.4 Å². The fraction of sp³-hybridized carbons (Fsp3) is 0.385. The molecule has 0 aliphatic heterocycles. The third-order valence-electron chi connectivity index (χ3n) is 3.41. The van der Waals surface area contributed by atoms with Crippen molar-refractivity contribution in [3.05, 3.63) is 36.2 Å². The first-order valence-electron chi connectivity index (χ1n) is 6.54. The molecule has 2 heterocycles. The van der Waals surface area contributed by atoms with Gasteiger partial charge in [-0.2, -0.15) is 13.5 Å². The summed E-state index contributed by atoms with van der Waals surface area (Å²) in [6.07, 6.45) is 4.97. The largest absolute Gasteiger partial charge is 0.349 e. The lowest BCUT2D eigenvalue weighted by molar-refractivity contribution is 0.0738. The molecule has 1 aliphatic rings. The van der Waals surface area contributed by atoms with E-state index in [-0.39, 0.29) is 18.1 Å². The molecule has 1 aliphatic carbocycles. The number of carbonyl (C=O) groups excluding carboxylic acids is 1. The third kappa shape index (κ3) is 3.06. The lowest BCUT2D eigenvalue weighted by Gasteiger charge is -2.34. The van der Waals surface area contributed by atoms with Gasteiger partial charge in [0.15, 0.2) is 0 Å². The second-order valence-electron chi connectivity index (χ2n) is 5.15. The Bertz CT molecular complexity index is 778. The number of nitrogens with one attached hydrogen (secondary N) is 1. The number of hydrogen-bond donors (Lipinski definition) is 1. The average molecular weight is 309 g/mol. The standard InChI is InChI=1S/C13H15N3O4S/c1-21(18,19)20-10-6-9(7-10)15-13(17)11-8-14-16-5-3-2-4-12(11)16/h2-5,8-10H,6-7H2,1H3,(H,15,17)/t9-,10-. The van der Waals surface area contributed by atoms with Crippen LogP contribution >= 0.6 is 0 Å². The van der Waals surface area contributed by atoms with Crippen LogP contribution in [0.4, 0.5) is 0 Å². The van der Waals surface area contributed by atoms with Crippen molar-refractivity contribution in [2.75, 3.05) is 6.26 Å². The summed E-state index contributed by atoms with van der Waals surface area (Å²) in [4.78, 5) is 12.2. The highest BCUT2D eigenvalue weighted by Crippen LogP contribution is 2.25. The normalized spacial score (nSPS) is 22.0. The summed E-state index contributed by atoms with van der Waals surface area (Å²) < 4.78 is 28.4. The molecule has 2 aromatic rings. The number of amides is 1. The number of pyridine rings is 1. The van der Waals surface area contributed by atoms with Gasteiger partial charge in [-0.05, 0) is 25.0 Å². The summed E-state index contributed by atoms with van der Waals surface area (Å²) in [7, 11) is -3.43. The molecule has 0 spiro atoms. The maximum absolute atomic E-state index is 12.2. The molecule has 0 aromatic carbocycles. The van der Waals surface area contributed by atoms with E-state index in [1.54, 1.807) is 10.7 Å². The Kier molecular flexibility index (Phi) is 3.42. The number of nitrogens with zero attached hydrogens (tertiary/aromatic N) is 2. The first kappa shape index (κ1) is 14.0. The zero-order valence-corrected chi connectivity index (χ0v) is 12.2. The van der Waals surface area contributed by atoms with E-state index < -0.39 is 10.1 Å². The van der Waals surface area contributed by atoms with Crippen LogP contribution in [0, 0.1) is 0 Å². The molecule has 1 N–H and O–H groups in total. The number of rotatable bonds is 4. The first-order valence-corrected chi connectivity index (χ1v) is 8.35. The highest BCUT2D eigenvalue weighted by molar-refractivity contribution is 7.86. The summed E-state index contributed by atoms with van der Waals surface area (Å²) in [5.41, 5.74) is 1.24. The monoisotopic (exact) mass is 309 g/mol. The molecule has 2 aromatic heterocycles. The van der Waals surface area contributed by atoms with Crippen LogP contribution in [0.3, 0.4) is 0 Å². The molecule has 112 valence electrons. The molecular formula is C13H15N3O4S. The molecule has 0 radical (unpaired) electrons. The van der Waals surface area contributed by atoms with Crippen molar-refractivity contribution in [3.63, 3.8) is 0 Å². The SMILES string of the molecule is CS(=O)(=O)O[C@H]1C[C@H](NC(=O)c2cnn3ccccc23)C1. The molecule has 21 heavy (non-hydrogen) atoms. The van der Waals surface area contributed by atoms with Crippen LogP contribution < -0.4 is 5.32 Å². The second kappa shape index (κ2) is 5.12. The Morgan fingerprint density at radius 2 is 2.19 bits per heavy atom. The van der Waals surface area contributed by atoms with E-state index in [1.165, 1.54) is 6.20 Å². The van der Waals surface area contributed by atoms with Gasteiger partial charge in [0.25, 0.3) is 16.0 Å². The van der Waals surface area contributed by atoms with Gasteiger partial charge in [0.05, 0.1) is 29.6 Å². The quantitative estimate of drug-likeness (QED) is 0.834. The van der Waals surface area contributed by atoms with Gasteiger partial charge in [0.2, 0.25) is 0 Å². The molecule has 3 rings (SSSR count). The summed E-state index contributed by atoms with van der Waals surface area (Å²) in [6, 6.07) is 5.43. The summed E-state index contributed by atoms with van der Waals surface area (Å²) in [6.45, 7) is 0. The number of hydrogen-bond acceptors (Lipinski definition) is 5. The molecule has 0 saturated heterocycles. The van der Waals surface area contributed by atoms with E-state index in [2.05, 4.69) is 10.4 Å². The predicted molar refractivity (Wildman–Crippen MR) is 75.4 cm³/mol. The smallest absolute Gasteiger partial charge is 0.264 e. The zero-order chi connectivity index (χ0) is 15.0. The van der Waals surface area contributed by atoms with Crippen LogP contribution in [-0.4, -0.2) is 42.3 Å². The van der Waals surface area contributed by atoms with Gasteiger partial charge < -0.3 is 5.32 Å². The number of carbonyl (C=O) groups is 1. The van der Waals surface area contributed by atoms with Gasteiger partial charge in [0, 0.05) is 12.2 Å². The van der Waals surface area contributed by atoms with Gasteiger partial charge in [-0.15, -0.1) is 0 Å². The summed E-state index contributed by atoms with van der Waals surface area (Å²) >= 11 is 0. The summed E-state index contributed by atoms with van der Waals surface area (Å²) in [5, 5.41) is 6.97. The van der Waals surface area contributed by atoms with Crippen molar-refractivity contribution in [2.24, 2.45) is 0 Å². The van der Waals surface area contributed by atoms with Crippen LogP contribution in [0.2, 0.25) is 0 Å². The molecule has 7 nitrogen and oxygen atoms in total. The number of fused-ring (bicyclic) bond motifs is 1. The van der Waals surface area contributed by atoms with Crippen LogP contribution in [0.5, 0.6) is 0 Å². The number of aromatic nitrogens is 2. The Morgan fingerprint density at radius 1 is 1.43 bits per heavy atom. The highest BCUT2D eigenvalue weighted by Gasteiger charge is 2.34. The molecule has 0 bridgehead atoms. The van der Waals surface area contributed by atoms with E-state index in [9.17, 15) is 13.2 Å². The van der Waals surface area contributed by atoms with Crippen LogP contribution in [-0.2, 0) is 14.3 Å². The minimum atomic E-state index is -3.43. The lowest BCUT2D eigenvalue weighted by atomic mass is 9.89. The van der Waals surface area contributed by atoms with Gasteiger partial charge in [-0.1, -0.05) is 6.07 Å². The molecule has 1 amide bonds. The van der Waals surface area contributed by atoms with E-state index >= 15 is 0 Å². The molecule has 1 fully saturated rings. The maximum Gasteiger partial charge on any atom is 0.264 e. The maximum atomic E-state index is 12.2. The predicted octanol–water partition coefficient (Wildman–Crippen LogP) is 0.571. The Hall–Kier alpha value is -1.93. The third-order valence-corrected chi connectivity index (χ3v) is 4.03. The topological polar surface area (TPSA) is 89.8 Å². The minimum absolute atomic E-state index is 0.0667. The Labute approximate surface area is 122 Å². The van der Waals surface area contributed by atoms with Crippen LogP contribution in [0.25, 0.3) is 5.52 Å². The van der Waals surface area contributed by atoms with Crippen molar-refractivity contribution < 1.29 is 17.4 Å². The molecule has 1 saturated carbocycles. The average Bonchev–Trinajstić information content (AvgIpc) is 2.78. The van der Waals surface area contributed by atoms with Crippen LogP contribution in [0.1, 0.15) is 23.2 Å². The Balaban J connectivity index is 1.61. The second-order valence-corrected chi connectivity index (χ2v) is 6.75. The van der Waals surface area contributed by atoms with E-state index in [4.69, 9.17) is 4.18 Å². The van der Waals surface area contributed by atoms with Crippen molar-refractivity contribution in [2.45, 2.75) is 25.0 Å². The molecular weight excluding hydrogens is 294 g/mol. The van der Waals surface area contributed by atoms with E-state index in [0.717, 1.165) is 11.8 Å². The van der Waals surface area contributed by atoms with Gasteiger partial charge in [0.1, 0.15) is 0 Å². The molecule has 8 heteroatoms. The van der Waals surface area contributed by atoms with Gasteiger partial charge in [-0.3, -0.25) is 8.98 Å². The van der Waals surface area contributed by atoms with Crippen molar-refractivity contribution in [3.8, 4) is 0 Å². The van der Waals surface area contributed by atoms with Gasteiger partial charge in [-0.25, -0.2) is 4.52 Å². The summed E-state index contributed by atoms with van der Waals surface area (Å²) in [5.74, 6) is -0.209. The van der Waals surface area contributed by atoms with Crippen molar-refractivity contribution in [1.82, 2.24) is 14.9 Å². The Morgan fingerprint density at radius 3 is 2.90 bits per heavy atom. The highest BCUT2D eigenvalue weighted by atomic mass is 32.2.